The van der Waals surface area contributed by atoms with Gasteiger partial charge < -0.3 is 0 Å². The van der Waals surface area contributed by atoms with Crippen LogP contribution in [0.3, 0.4) is 0 Å². The highest BCUT2D eigenvalue weighted by Crippen LogP contribution is 2.26. The highest BCUT2D eigenvalue weighted by atomic mass is 32.2. The maximum atomic E-state index is 12.9. The number of rotatable bonds is 3. The molecule has 23 heavy (non-hydrogen) atoms. The topological polar surface area (TPSA) is 64.3 Å². The summed E-state index contributed by atoms with van der Waals surface area (Å²) in [6.45, 7) is 3.27. The summed E-state index contributed by atoms with van der Waals surface area (Å²) in [4.78, 5) is 12.3. The summed E-state index contributed by atoms with van der Waals surface area (Å²) >= 11 is 0. The van der Waals surface area contributed by atoms with Gasteiger partial charge in [-0.05, 0) is 37.0 Å². The van der Waals surface area contributed by atoms with Crippen molar-refractivity contribution in [3.8, 4) is 0 Å². The van der Waals surface area contributed by atoms with Gasteiger partial charge in [0, 0.05) is 27.2 Å². The summed E-state index contributed by atoms with van der Waals surface area (Å²) in [5.74, 6) is 0.434. The number of fused-ring (bicyclic) bond motifs is 1. The van der Waals surface area contributed by atoms with Gasteiger partial charge >= 0.3 is 5.69 Å². The second-order valence-electron chi connectivity index (χ2n) is 6.33. The van der Waals surface area contributed by atoms with Crippen LogP contribution in [-0.4, -0.2) is 34.9 Å². The van der Waals surface area contributed by atoms with Gasteiger partial charge in [0.15, 0.2) is 0 Å². The molecule has 2 heterocycles. The minimum atomic E-state index is -3.51. The number of hydrogen-bond donors (Lipinski definition) is 0. The minimum Gasteiger partial charge on any atom is -0.295 e. The third-order valence-corrected chi connectivity index (χ3v) is 6.80. The second kappa shape index (κ2) is 5.79. The molecule has 126 valence electrons. The van der Waals surface area contributed by atoms with Crippen molar-refractivity contribution in [2.75, 3.05) is 13.1 Å². The van der Waals surface area contributed by atoms with Crippen LogP contribution in [0.2, 0.25) is 0 Å². The van der Waals surface area contributed by atoms with E-state index in [1.165, 1.54) is 9.13 Å². The van der Waals surface area contributed by atoms with Crippen molar-refractivity contribution in [2.45, 2.75) is 31.1 Å². The lowest BCUT2D eigenvalue weighted by molar-refractivity contribution is 0.261. The SMILES string of the molecule is CCC1CCCN(S(=O)(=O)c2ccc3c(c2)n(C)c(=O)n3C)C1. The van der Waals surface area contributed by atoms with Crippen LogP contribution in [-0.2, 0) is 24.1 Å². The summed E-state index contributed by atoms with van der Waals surface area (Å²) in [5, 5.41) is 0. The summed E-state index contributed by atoms with van der Waals surface area (Å²) in [5.41, 5.74) is 1.22. The average molecular weight is 337 g/mol. The Hall–Kier alpha value is -1.60. The maximum absolute atomic E-state index is 12.9. The zero-order valence-corrected chi connectivity index (χ0v) is 14.6. The van der Waals surface area contributed by atoms with E-state index < -0.39 is 10.0 Å². The summed E-state index contributed by atoms with van der Waals surface area (Å²) < 4.78 is 30.5. The molecular formula is C16H23N3O3S. The van der Waals surface area contributed by atoms with E-state index in [1.807, 2.05) is 0 Å². The van der Waals surface area contributed by atoms with Crippen molar-refractivity contribution >= 4 is 21.1 Å². The fourth-order valence-electron chi connectivity index (χ4n) is 3.37. The van der Waals surface area contributed by atoms with E-state index in [4.69, 9.17) is 0 Å². The van der Waals surface area contributed by atoms with Crippen LogP contribution in [0.1, 0.15) is 26.2 Å². The minimum absolute atomic E-state index is 0.154. The van der Waals surface area contributed by atoms with Gasteiger partial charge in [-0.2, -0.15) is 4.31 Å². The van der Waals surface area contributed by atoms with E-state index in [0.29, 0.717) is 24.5 Å². The highest BCUT2D eigenvalue weighted by molar-refractivity contribution is 7.89. The molecule has 1 aromatic heterocycles. The van der Waals surface area contributed by atoms with Crippen molar-refractivity contribution in [3.05, 3.63) is 28.7 Å². The van der Waals surface area contributed by atoms with Crippen LogP contribution < -0.4 is 5.69 Å². The molecule has 1 saturated heterocycles. The third-order valence-electron chi connectivity index (χ3n) is 4.94. The molecule has 0 bridgehead atoms. The van der Waals surface area contributed by atoms with Gasteiger partial charge in [-0.15, -0.1) is 0 Å². The predicted molar refractivity (Wildman–Crippen MR) is 89.9 cm³/mol. The lowest BCUT2D eigenvalue weighted by atomic mass is 9.97. The van der Waals surface area contributed by atoms with Gasteiger partial charge in [0.25, 0.3) is 0 Å². The Balaban J connectivity index is 2.05. The van der Waals surface area contributed by atoms with E-state index >= 15 is 0 Å². The van der Waals surface area contributed by atoms with Crippen molar-refractivity contribution in [1.82, 2.24) is 13.4 Å². The molecule has 0 N–H and O–H groups in total. The molecule has 1 aliphatic rings. The molecule has 7 heteroatoms. The van der Waals surface area contributed by atoms with Crippen LogP contribution in [0, 0.1) is 5.92 Å². The molecule has 0 saturated carbocycles. The van der Waals surface area contributed by atoms with E-state index in [-0.39, 0.29) is 10.6 Å². The van der Waals surface area contributed by atoms with E-state index in [2.05, 4.69) is 6.92 Å². The van der Waals surface area contributed by atoms with Crippen LogP contribution in [0.25, 0.3) is 11.0 Å². The molecule has 0 aliphatic carbocycles. The van der Waals surface area contributed by atoms with Gasteiger partial charge in [0.05, 0.1) is 15.9 Å². The van der Waals surface area contributed by atoms with Gasteiger partial charge in [-0.1, -0.05) is 13.3 Å². The molecule has 2 aromatic rings. The van der Waals surface area contributed by atoms with Crippen LogP contribution >= 0.6 is 0 Å². The Morgan fingerprint density at radius 2 is 1.87 bits per heavy atom. The largest absolute Gasteiger partial charge is 0.328 e. The van der Waals surface area contributed by atoms with E-state index in [0.717, 1.165) is 24.8 Å². The van der Waals surface area contributed by atoms with E-state index in [1.54, 1.807) is 36.6 Å². The predicted octanol–water partition coefficient (Wildman–Crippen LogP) is 1.69. The van der Waals surface area contributed by atoms with Crippen molar-refractivity contribution in [2.24, 2.45) is 20.0 Å². The number of aryl methyl sites for hydroxylation is 2. The van der Waals surface area contributed by atoms with Crippen LogP contribution in [0.5, 0.6) is 0 Å². The maximum Gasteiger partial charge on any atom is 0.328 e. The first kappa shape index (κ1) is 16.3. The smallest absolute Gasteiger partial charge is 0.295 e. The molecule has 1 atom stereocenters. The number of hydrogen-bond acceptors (Lipinski definition) is 3. The average Bonchev–Trinajstić information content (AvgIpc) is 2.79. The Bertz CT molecular complexity index is 895. The molecule has 1 fully saturated rings. The summed E-state index contributed by atoms with van der Waals surface area (Å²) in [6.07, 6.45) is 3.00. The first-order valence-electron chi connectivity index (χ1n) is 8.02. The van der Waals surface area contributed by atoms with Gasteiger partial charge in [-0.3, -0.25) is 9.13 Å². The number of nitrogens with zero attached hydrogens (tertiary/aromatic N) is 3. The Morgan fingerprint density at radius 3 is 2.57 bits per heavy atom. The normalized spacial score (nSPS) is 20.2. The molecular weight excluding hydrogens is 314 g/mol. The fourth-order valence-corrected chi connectivity index (χ4v) is 4.95. The van der Waals surface area contributed by atoms with Crippen molar-refractivity contribution in [3.63, 3.8) is 0 Å². The van der Waals surface area contributed by atoms with Crippen LogP contribution in [0.15, 0.2) is 27.9 Å². The summed E-state index contributed by atoms with van der Waals surface area (Å²) in [7, 11) is -0.157. The fraction of sp³-hybridized carbons (Fsp3) is 0.562. The molecule has 1 aromatic carbocycles. The molecule has 0 spiro atoms. The first-order chi connectivity index (χ1) is 10.9. The Morgan fingerprint density at radius 1 is 1.17 bits per heavy atom. The number of piperidine rings is 1. The number of aromatic nitrogens is 2. The molecule has 1 unspecified atom stereocenters. The molecule has 1 aliphatic heterocycles. The molecule has 0 amide bonds. The van der Waals surface area contributed by atoms with Gasteiger partial charge in [0.2, 0.25) is 10.0 Å². The quantitative estimate of drug-likeness (QED) is 0.856. The Kier molecular flexibility index (Phi) is 4.10. The van der Waals surface area contributed by atoms with Crippen molar-refractivity contribution < 1.29 is 8.42 Å². The van der Waals surface area contributed by atoms with Gasteiger partial charge in [-0.25, -0.2) is 13.2 Å². The van der Waals surface area contributed by atoms with E-state index in [9.17, 15) is 13.2 Å². The highest BCUT2D eigenvalue weighted by Gasteiger charge is 2.30. The van der Waals surface area contributed by atoms with Crippen LogP contribution in [0.4, 0.5) is 0 Å². The summed E-state index contributed by atoms with van der Waals surface area (Å²) in [6, 6.07) is 4.93. The van der Waals surface area contributed by atoms with Gasteiger partial charge in [0.1, 0.15) is 0 Å². The molecule has 6 nitrogen and oxygen atoms in total. The lowest BCUT2D eigenvalue weighted by Gasteiger charge is -2.31. The Labute approximate surface area is 136 Å². The standard InChI is InChI=1S/C16H23N3O3S/c1-4-12-6-5-9-19(11-12)23(21,22)13-7-8-14-15(10-13)18(3)16(20)17(14)2/h7-8,10,12H,4-6,9,11H2,1-3H3. The number of imidazole rings is 1. The number of sulfonamides is 1. The number of benzene rings is 1. The zero-order valence-electron chi connectivity index (χ0n) is 13.8. The first-order valence-corrected chi connectivity index (χ1v) is 9.46. The molecule has 3 rings (SSSR count). The monoisotopic (exact) mass is 337 g/mol. The molecule has 0 radical (unpaired) electrons. The zero-order chi connectivity index (χ0) is 16.8. The lowest BCUT2D eigenvalue weighted by Crippen LogP contribution is -2.39. The second-order valence-corrected chi connectivity index (χ2v) is 8.27. The third kappa shape index (κ3) is 2.61. The van der Waals surface area contributed by atoms with Crippen molar-refractivity contribution in [1.29, 1.82) is 0 Å².